The third-order valence-electron chi connectivity index (χ3n) is 5.56. The minimum absolute atomic E-state index is 0.626. The summed E-state index contributed by atoms with van der Waals surface area (Å²) in [6.07, 6.45) is 4.85. The normalized spacial score (nSPS) is 15.0. The van der Waals surface area contributed by atoms with E-state index >= 15 is 0 Å². The van der Waals surface area contributed by atoms with Crippen LogP contribution in [0.4, 0.5) is 0 Å². The molecule has 9 heteroatoms. The van der Waals surface area contributed by atoms with E-state index in [1.54, 1.807) is 21.3 Å². The third-order valence-corrected chi connectivity index (χ3v) is 5.56. The van der Waals surface area contributed by atoms with Crippen molar-refractivity contribution in [1.29, 1.82) is 0 Å². The van der Waals surface area contributed by atoms with Gasteiger partial charge in [-0.3, -0.25) is 14.6 Å². The Morgan fingerprint density at radius 1 is 1.03 bits per heavy atom. The fourth-order valence-corrected chi connectivity index (χ4v) is 3.92. The zero-order valence-corrected chi connectivity index (χ0v) is 19.9. The minimum Gasteiger partial charge on any atom is -0.493 e. The van der Waals surface area contributed by atoms with E-state index in [0.717, 1.165) is 63.8 Å². The molecule has 0 radical (unpaired) electrons. The summed E-state index contributed by atoms with van der Waals surface area (Å²) in [5.74, 6) is 3.00. The zero-order valence-electron chi connectivity index (χ0n) is 19.9. The molecule has 0 atom stereocenters. The minimum atomic E-state index is 0.626. The van der Waals surface area contributed by atoms with Crippen molar-refractivity contribution >= 4 is 5.96 Å². The fourth-order valence-electron chi connectivity index (χ4n) is 3.92. The Balaban J connectivity index is 1.57. The van der Waals surface area contributed by atoms with Crippen LogP contribution in [0.25, 0.3) is 0 Å². The van der Waals surface area contributed by atoms with Gasteiger partial charge >= 0.3 is 0 Å². The molecular formula is C23H36N6O3. The second-order valence-corrected chi connectivity index (χ2v) is 7.80. The van der Waals surface area contributed by atoms with Crippen molar-refractivity contribution < 1.29 is 14.2 Å². The number of benzene rings is 1. The average molecular weight is 445 g/mol. The Labute approximate surface area is 191 Å². The highest BCUT2D eigenvalue weighted by molar-refractivity contribution is 5.80. The Kier molecular flexibility index (Phi) is 8.61. The van der Waals surface area contributed by atoms with Crippen molar-refractivity contribution in [2.45, 2.75) is 19.9 Å². The van der Waals surface area contributed by atoms with Gasteiger partial charge in [0.2, 0.25) is 5.75 Å². The molecule has 1 aromatic heterocycles. The van der Waals surface area contributed by atoms with Crippen molar-refractivity contribution in [3.05, 3.63) is 35.7 Å². The number of ether oxygens (including phenoxy) is 3. The molecule has 1 aromatic carbocycles. The smallest absolute Gasteiger partial charge is 0.203 e. The van der Waals surface area contributed by atoms with Crippen LogP contribution in [0.15, 0.2) is 29.5 Å². The Bertz CT molecular complexity index is 865. The summed E-state index contributed by atoms with van der Waals surface area (Å²) in [6.45, 7) is 8.34. The molecule has 1 saturated heterocycles. The van der Waals surface area contributed by atoms with E-state index in [1.165, 1.54) is 5.56 Å². The summed E-state index contributed by atoms with van der Waals surface area (Å²) in [7, 11) is 6.86. The van der Waals surface area contributed by atoms with E-state index in [4.69, 9.17) is 19.2 Å². The summed E-state index contributed by atoms with van der Waals surface area (Å²) >= 11 is 0. The molecule has 3 rings (SSSR count). The lowest BCUT2D eigenvalue weighted by Gasteiger charge is -2.36. The monoisotopic (exact) mass is 444 g/mol. The Morgan fingerprint density at radius 3 is 2.25 bits per heavy atom. The first-order chi connectivity index (χ1) is 15.6. The lowest BCUT2D eigenvalue weighted by molar-refractivity contribution is 0.172. The van der Waals surface area contributed by atoms with Crippen molar-refractivity contribution in [2.24, 2.45) is 12.0 Å². The number of rotatable bonds is 9. The van der Waals surface area contributed by atoms with Crippen LogP contribution in [0.3, 0.4) is 0 Å². The molecule has 0 bridgehead atoms. The van der Waals surface area contributed by atoms with Crippen LogP contribution >= 0.6 is 0 Å². The molecule has 1 fully saturated rings. The second kappa shape index (κ2) is 11.6. The number of hydrogen-bond donors (Lipinski definition) is 1. The highest BCUT2D eigenvalue weighted by Crippen LogP contribution is 2.38. The summed E-state index contributed by atoms with van der Waals surface area (Å²) in [5.41, 5.74) is 2.35. The van der Waals surface area contributed by atoms with Crippen LogP contribution in [0.2, 0.25) is 0 Å². The van der Waals surface area contributed by atoms with Gasteiger partial charge in [0.15, 0.2) is 17.5 Å². The van der Waals surface area contributed by atoms with Gasteiger partial charge in [0.25, 0.3) is 0 Å². The van der Waals surface area contributed by atoms with Gasteiger partial charge in [-0.2, -0.15) is 5.10 Å². The number of guanidine groups is 1. The molecule has 0 saturated carbocycles. The van der Waals surface area contributed by atoms with E-state index < -0.39 is 0 Å². The number of aliphatic imine (C=N–C) groups is 1. The molecule has 176 valence electrons. The number of methoxy groups -OCH3 is 3. The summed E-state index contributed by atoms with van der Waals surface area (Å²) < 4.78 is 18.3. The molecule has 9 nitrogen and oxygen atoms in total. The van der Waals surface area contributed by atoms with Gasteiger partial charge in [0.1, 0.15) is 0 Å². The molecule has 0 spiro atoms. The first-order valence-corrected chi connectivity index (χ1v) is 11.1. The molecule has 0 amide bonds. The predicted octanol–water partition coefficient (Wildman–Crippen LogP) is 1.77. The maximum atomic E-state index is 5.49. The molecule has 2 heterocycles. The van der Waals surface area contributed by atoms with Gasteiger partial charge in [0.05, 0.1) is 27.5 Å². The molecule has 1 aliphatic rings. The SMILES string of the molecule is CCNC(=NCCc1cnn(C)c1)N1CCN(Cc2cc(OC)c(OC)c(OC)c2)CC1. The number of nitrogens with zero attached hydrogens (tertiary/aromatic N) is 5. The van der Waals surface area contributed by atoms with Gasteiger partial charge in [-0.05, 0) is 36.6 Å². The van der Waals surface area contributed by atoms with Crippen molar-refractivity contribution in [2.75, 3.05) is 60.6 Å². The molecule has 1 aliphatic heterocycles. The molecular weight excluding hydrogens is 408 g/mol. The van der Waals surface area contributed by atoms with Crippen molar-refractivity contribution in [3.8, 4) is 17.2 Å². The van der Waals surface area contributed by atoms with E-state index in [0.29, 0.717) is 17.2 Å². The Hall–Kier alpha value is -2.94. The summed E-state index contributed by atoms with van der Waals surface area (Å²) in [6, 6.07) is 4.05. The van der Waals surface area contributed by atoms with Crippen molar-refractivity contribution in [3.63, 3.8) is 0 Å². The van der Waals surface area contributed by atoms with E-state index in [2.05, 4.69) is 27.1 Å². The van der Waals surface area contributed by atoms with Crippen LogP contribution in [0.1, 0.15) is 18.1 Å². The second-order valence-electron chi connectivity index (χ2n) is 7.80. The maximum Gasteiger partial charge on any atom is 0.203 e. The van der Waals surface area contributed by atoms with Crippen LogP contribution in [0, 0.1) is 0 Å². The van der Waals surface area contributed by atoms with Gasteiger partial charge < -0.3 is 24.4 Å². The van der Waals surface area contributed by atoms with Gasteiger partial charge in [-0.1, -0.05) is 0 Å². The third kappa shape index (κ3) is 6.06. The lowest BCUT2D eigenvalue weighted by atomic mass is 10.1. The van der Waals surface area contributed by atoms with Crippen LogP contribution in [-0.4, -0.2) is 86.1 Å². The number of aryl methyl sites for hydroxylation is 1. The standard InChI is InChI=1S/C23H36N6O3/c1-6-24-23(25-8-7-18-15-26-27(2)16-18)29-11-9-28(10-12-29)17-19-13-20(30-3)22(32-5)21(14-19)31-4/h13-16H,6-12,17H2,1-5H3,(H,24,25). The number of piperazine rings is 1. The van der Waals surface area contributed by atoms with Crippen LogP contribution in [-0.2, 0) is 20.0 Å². The first-order valence-electron chi connectivity index (χ1n) is 11.1. The molecule has 32 heavy (non-hydrogen) atoms. The highest BCUT2D eigenvalue weighted by atomic mass is 16.5. The van der Waals surface area contributed by atoms with E-state index in [9.17, 15) is 0 Å². The fraction of sp³-hybridized carbons (Fsp3) is 0.565. The van der Waals surface area contributed by atoms with E-state index in [-0.39, 0.29) is 0 Å². The quantitative estimate of drug-likeness (QED) is 0.467. The van der Waals surface area contributed by atoms with E-state index in [1.807, 2.05) is 36.3 Å². The zero-order chi connectivity index (χ0) is 22.9. The first kappa shape index (κ1) is 23.7. The molecule has 2 aromatic rings. The number of nitrogens with one attached hydrogen (secondary N) is 1. The lowest BCUT2D eigenvalue weighted by Crippen LogP contribution is -2.52. The number of aromatic nitrogens is 2. The average Bonchev–Trinajstić information content (AvgIpc) is 3.23. The Morgan fingerprint density at radius 2 is 1.72 bits per heavy atom. The largest absolute Gasteiger partial charge is 0.493 e. The van der Waals surface area contributed by atoms with Gasteiger partial charge in [0, 0.05) is 59.1 Å². The van der Waals surface area contributed by atoms with Crippen LogP contribution in [0.5, 0.6) is 17.2 Å². The summed E-state index contributed by atoms with van der Waals surface area (Å²) in [4.78, 5) is 9.63. The molecule has 0 aliphatic carbocycles. The highest BCUT2D eigenvalue weighted by Gasteiger charge is 2.21. The van der Waals surface area contributed by atoms with Gasteiger partial charge in [-0.25, -0.2) is 0 Å². The summed E-state index contributed by atoms with van der Waals surface area (Å²) in [5, 5.41) is 7.67. The molecule has 0 unspecified atom stereocenters. The number of hydrogen-bond acceptors (Lipinski definition) is 6. The van der Waals surface area contributed by atoms with Gasteiger partial charge in [-0.15, -0.1) is 0 Å². The van der Waals surface area contributed by atoms with Crippen LogP contribution < -0.4 is 19.5 Å². The van der Waals surface area contributed by atoms with Crippen molar-refractivity contribution in [1.82, 2.24) is 24.9 Å². The predicted molar refractivity (Wildman–Crippen MR) is 126 cm³/mol. The topological polar surface area (TPSA) is 76.4 Å². The maximum absolute atomic E-state index is 5.49. The molecule has 1 N–H and O–H groups in total.